The van der Waals surface area contributed by atoms with Gasteiger partial charge in [0.2, 0.25) is 0 Å². The van der Waals surface area contributed by atoms with Crippen LogP contribution in [0.3, 0.4) is 0 Å². The summed E-state index contributed by atoms with van der Waals surface area (Å²) >= 11 is 3.29. The second-order valence-electron chi connectivity index (χ2n) is 7.89. The fraction of sp³-hybridized carbons (Fsp3) is 0.167. The molecule has 0 saturated carbocycles. The van der Waals surface area contributed by atoms with E-state index in [0.717, 1.165) is 28.3 Å². The first-order valence-corrected chi connectivity index (χ1v) is 12.0. The fourth-order valence-corrected chi connectivity index (χ4v) is 6.39. The summed E-state index contributed by atoms with van der Waals surface area (Å²) < 4.78 is 1.57. The highest BCUT2D eigenvalue weighted by Crippen LogP contribution is 2.48. The third kappa shape index (κ3) is 2.96. The van der Waals surface area contributed by atoms with E-state index in [-0.39, 0.29) is 23.2 Å². The van der Waals surface area contributed by atoms with E-state index < -0.39 is 0 Å². The van der Waals surface area contributed by atoms with Crippen LogP contribution in [0.2, 0.25) is 0 Å². The smallest absolute Gasteiger partial charge is 0.277 e. The van der Waals surface area contributed by atoms with Crippen molar-refractivity contribution in [1.29, 1.82) is 0 Å². The number of aromatic nitrogens is 2. The predicted molar refractivity (Wildman–Crippen MR) is 125 cm³/mol. The second kappa shape index (κ2) is 7.21. The summed E-state index contributed by atoms with van der Waals surface area (Å²) in [6.45, 7) is 0. The largest absolute Gasteiger partial charge is 0.343 e. The SMILES string of the molecule is O=C1C[C@@H](c2cccs2)CC2=C1[C@@H](c1cccs1)c1c([nH]n(-c3ccccc3)c1=O)N2. The van der Waals surface area contributed by atoms with Crippen molar-refractivity contribution in [2.24, 2.45) is 0 Å². The number of nitrogens with one attached hydrogen (secondary N) is 2. The van der Waals surface area contributed by atoms with Gasteiger partial charge in [-0.25, -0.2) is 4.68 Å². The van der Waals surface area contributed by atoms with Crippen LogP contribution in [-0.2, 0) is 4.79 Å². The fourth-order valence-electron chi connectivity index (χ4n) is 4.72. The molecule has 3 aromatic heterocycles. The quantitative estimate of drug-likeness (QED) is 0.453. The van der Waals surface area contributed by atoms with Crippen molar-refractivity contribution < 1.29 is 4.79 Å². The summed E-state index contributed by atoms with van der Waals surface area (Å²) in [7, 11) is 0. The third-order valence-electron chi connectivity index (χ3n) is 6.08. The molecule has 2 N–H and O–H groups in total. The van der Waals surface area contributed by atoms with Crippen molar-refractivity contribution in [2.75, 3.05) is 5.32 Å². The van der Waals surface area contributed by atoms with Crippen LogP contribution >= 0.6 is 22.7 Å². The number of nitrogens with zero attached hydrogens (tertiary/aromatic N) is 1. The first kappa shape index (κ1) is 18.6. The van der Waals surface area contributed by atoms with Gasteiger partial charge in [-0.05, 0) is 41.4 Å². The number of carbonyl (C=O) groups is 1. The standard InChI is InChI=1S/C24H19N3O2S2/c28-17-13-14(18-8-4-10-30-18)12-16-20(17)21(19-9-5-11-31-19)22-23(25-16)26-27(24(22)29)15-6-2-1-3-7-15/h1-11,14,21,25-26H,12-13H2/t14-,21+/m0/s1. The number of rotatable bonds is 3. The molecule has 5 nitrogen and oxygen atoms in total. The van der Waals surface area contributed by atoms with Crippen LogP contribution in [0.4, 0.5) is 5.82 Å². The molecule has 6 rings (SSSR count). The molecule has 0 fully saturated rings. The molecule has 0 spiro atoms. The number of ketones is 1. The summed E-state index contributed by atoms with van der Waals surface area (Å²) in [6, 6.07) is 17.7. The third-order valence-corrected chi connectivity index (χ3v) is 8.05. The molecule has 7 heteroatoms. The number of aromatic amines is 1. The van der Waals surface area contributed by atoms with Crippen LogP contribution in [0.5, 0.6) is 0 Å². The van der Waals surface area contributed by atoms with E-state index in [1.165, 1.54) is 4.88 Å². The Balaban J connectivity index is 1.52. The minimum atomic E-state index is -0.336. The maximum absolute atomic E-state index is 13.5. The van der Waals surface area contributed by atoms with Gasteiger partial charge in [0.1, 0.15) is 5.82 Å². The van der Waals surface area contributed by atoms with Crippen LogP contribution < -0.4 is 10.9 Å². The number of para-hydroxylation sites is 1. The van der Waals surface area contributed by atoms with Crippen molar-refractivity contribution in [1.82, 2.24) is 9.78 Å². The summed E-state index contributed by atoms with van der Waals surface area (Å²) in [5.41, 5.74) is 2.95. The lowest BCUT2D eigenvalue weighted by Crippen LogP contribution is -2.31. The number of Topliss-reactive ketones (excluding diaryl/α,β-unsaturated/α-hetero) is 1. The average molecular weight is 446 g/mol. The number of allylic oxidation sites excluding steroid dienone is 2. The van der Waals surface area contributed by atoms with E-state index in [0.29, 0.717) is 17.8 Å². The van der Waals surface area contributed by atoms with Crippen molar-refractivity contribution in [3.05, 3.63) is 102 Å². The molecule has 0 radical (unpaired) electrons. The van der Waals surface area contributed by atoms with E-state index in [9.17, 15) is 9.59 Å². The lowest BCUT2D eigenvalue weighted by molar-refractivity contribution is -0.116. The Labute approximate surface area is 186 Å². The highest BCUT2D eigenvalue weighted by molar-refractivity contribution is 7.10. The van der Waals surface area contributed by atoms with E-state index >= 15 is 0 Å². The minimum Gasteiger partial charge on any atom is -0.343 e. The molecular weight excluding hydrogens is 426 g/mol. The minimum absolute atomic E-state index is 0.119. The van der Waals surface area contributed by atoms with Gasteiger partial charge in [-0.1, -0.05) is 30.3 Å². The Morgan fingerprint density at radius 1 is 0.871 bits per heavy atom. The second-order valence-corrected chi connectivity index (χ2v) is 9.84. The summed E-state index contributed by atoms with van der Waals surface area (Å²) in [5, 5.41) is 10.8. The number of benzene rings is 1. The lowest BCUT2D eigenvalue weighted by Gasteiger charge is -2.33. The summed E-state index contributed by atoms with van der Waals surface area (Å²) in [6.07, 6.45) is 1.25. The maximum Gasteiger partial charge on any atom is 0.277 e. The van der Waals surface area contributed by atoms with Gasteiger partial charge in [0.05, 0.1) is 17.2 Å². The van der Waals surface area contributed by atoms with Gasteiger partial charge in [-0.3, -0.25) is 14.7 Å². The molecule has 31 heavy (non-hydrogen) atoms. The molecule has 0 bridgehead atoms. The topological polar surface area (TPSA) is 66.9 Å². The van der Waals surface area contributed by atoms with Crippen LogP contribution in [-0.4, -0.2) is 15.6 Å². The normalized spacial score (nSPS) is 20.3. The molecule has 1 aliphatic heterocycles. The highest BCUT2D eigenvalue weighted by Gasteiger charge is 2.41. The van der Waals surface area contributed by atoms with E-state index in [4.69, 9.17) is 0 Å². The Morgan fingerprint density at radius 3 is 2.32 bits per heavy atom. The van der Waals surface area contributed by atoms with Crippen molar-refractivity contribution >= 4 is 34.3 Å². The molecular formula is C24H19N3O2S2. The van der Waals surface area contributed by atoms with Gasteiger partial charge >= 0.3 is 0 Å². The van der Waals surface area contributed by atoms with E-state index in [1.807, 2.05) is 53.9 Å². The van der Waals surface area contributed by atoms with Crippen LogP contribution in [0.25, 0.3) is 5.69 Å². The molecule has 2 atom stereocenters. The van der Waals surface area contributed by atoms with Crippen molar-refractivity contribution in [3.8, 4) is 5.69 Å². The Hall–Kier alpha value is -3.16. The molecule has 0 unspecified atom stereocenters. The number of hydrogen-bond donors (Lipinski definition) is 2. The van der Waals surface area contributed by atoms with Crippen LogP contribution in [0.1, 0.15) is 40.0 Å². The molecule has 2 aliphatic rings. The van der Waals surface area contributed by atoms with Crippen LogP contribution in [0, 0.1) is 0 Å². The molecule has 1 aromatic carbocycles. The van der Waals surface area contributed by atoms with E-state index in [2.05, 4.69) is 21.9 Å². The molecule has 4 aromatic rings. The van der Waals surface area contributed by atoms with Gasteiger partial charge < -0.3 is 5.32 Å². The summed E-state index contributed by atoms with van der Waals surface area (Å²) in [4.78, 5) is 29.2. The molecule has 0 amide bonds. The van der Waals surface area contributed by atoms with Gasteiger partial charge in [0.15, 0.2) is 5.78 Å². The number of thiophene rings is 2. The van der Waals surface area contributed by atoms with Gasteiger partial charge in [0.25, 0.3) is 5.56 Å². The maximum atomic E-state index is 13.5. The number of carbonyl (C=O) groups excluding carboxylic acids is 1. The molecule has 4 heterocycles. The van der Waals surface area contributed by atoms with Gasteiger partial charge in [0, 0.05) is 33.4 Å². The molecule has 154 valence electrons. The first-order valence-electron chi connectivity index (χ1n) is 10.2. The highest BCUT2D eigenvalue weighted by atomic mass is 32.1. The van der Waals surface area contributed by atoms with Crippen molar-refractivity contribution in [2.45, 2.75) is 24.7 Å². The number of anilines is 1. The predicted octanol–water partition coefficient (Wildman–Crippen LogP) is 5.25. The number of hydrogen-bond acceptors (Lipinski definition) is 5. The van der Waals surface area contributed by atoms with Crippen molar-refractivity contribution in [3.63, 3.8) is 0 Å². The van der Waals surface area contributed by atoms with Crippen LogP contribution in [0.15, 0.2) is 81.4 Å². The van der Waals surface area contributed by atoms with Gasteiger partial charge in [-0.2, -0.15) is 0 Å². The summed E-state index contributed by atoms with van der Waals surface area (Å²) in [5.74, 6) is 0.651. The van der Waals surface area contributed by atoms with E-state index in [1.54, 1.807) is 27.4 Å². The monoisotopic (exact) mass is 445 g/mol. The zero-order valence-electron chi connectivity index (χ0n) is 16.5. The Kier molecular flexibility index (Phi) is 4.33. The lowest BCUT2D eigenvalue weighted by atomic mass is 9.76. The van der Waals surface area contributed by atoms with Gasteiger partial charge in [-0.15, -0.1) is 22.7 Å². The number of fused-ring (bicyclic) bond motifs is 1. The Morgan fingerprint density at radius 2 is 1.61 bits per heavy atom. The zero-order valence-corrected chi connectivity index (χ0v) is 18.1. The molecule has 1 aliphatic carbocycles. The Bertz CT molecular complexity index is 1350. The number of H-pyrrole nitrogens is 1. The molecule has 0 saturated heterocycles. The zero-order chi connectivity index (χ0) is 20.9. The average Bonchev–Trinajstić information content (AvgIpc) is 3.55. The first-order chi connectivity index (χ1) is 15.2.